The average Bonchev–Trinajstić information content (AvgIpc) is 2.84. The number of nitrogens with one attached hydrogen (secondary N) is 3. The fourth-order valence-electron chi connectivity index (χ4n) is 4.45. The lowest BCUT2D eigenvalue weighted by Crippen LogP contribution is -2.49. The molecule has 0 radical (unpaired) electrons. The van der Waals surface area contributed by atoms with Gasteiger partial charge in [0, 0.05) is 41.4 Å². The molecule has 1 aliphatic rings. The van der Waals surface area contributed by atoms with E-state index in [0.29, 0.717) is 22.9 Å². The molecular formula is C24H25BrN4O5S. The molecule has 0 spiro atoms. The van der Waals surface area contributed by atoms with Gasteiger partial charge >= 0.3 is 0 Å². The van der Waals surface area contributed by atoms with Gasteiger partial charge in [-0.2, -0.15) is 8.42 Å². The van der Waals surface area contributed by atoms with Crippen LogP contribution >= 0.6 is 15.9 Å². The summed E-state index contributed by atoms with van der Waals surface area (Å²) in [5, 5.41) is 10.4. The Labute approximate surface area is 211 Å². The van der Waals surface area contributed by atoms with Crippen LogP contribution in [0.5, 0.6) is 0 Å². The molecule has 1 fully saturated rings. The van der Waals surface area contributed by atoms with Crippen molar-refractivity contribution in [1.82, 2.24) is 15.6 Å². The second-order valence-electron chi connectivity index (χ2n) is 8.40. The van der Waals surface area contributed by atoms with E-state index in [1.165, 1.54) is 25.4 Å². The van der Waals surface area contributed by atoms with E-state index >= 15 is 0 Å². The van der Waals surface area contributed by atoms with Gasteiger partial charge in [0.15, 0.2) is 0 Å². The first kappa shape index (κ1) is 25.1. The van der Waals surface area contributed by atoms with Crippen molar-refractivity contribution in [2.45, 2.75) is 42.7 Å². The van der Waals surface area contributed by atoms with Gasteiger partial charge in [-0.15, -0.1) is 0 Å². The van der Waals surface area contributed by atoms with Crippen molar-refractivity contribution in [3.05, 3.63) is 64.4 Å². The summed E-state index contributed by atoms with van der Waals surface area (Å²) in [5.74, 6) is -0.803. The Morgan fingerprint density at radius 3 is 2.46 bits per heavy atom. The molecule has 35 heavy (non-hydrogen) atoms. The van der Waals surface area contributed by atoms with Gasteiger partial charge in [0.05, 0.1) is 16.8 Å². The van der Waals surface area contributed by atoms with Gasteiger partial charge in [0.1, 0.15) is 4.90 Å². The smallest absolute Gasteiger partial charge is 0.296 e. The van der Waals surface area contributed by atoms with E-state index in [1.807, 2.05) is 24.3 Å². The number of carbonyl (C=O) groups is 2. The Bertz CT molecular complexity index is 1390. The molecule has 1 heterocycles. The average molecular weight is 561 g/mol. The van der Waals surface area contributed by atoms with Gasteiger partial charge in [-0.25, -0.2) is 0 Å². The normalized spacial score (nSPS) is 18.1. The van der Waals surface area contributed by atoms with Crippen molar-refractivity contribution < 1.29 is 22.6 Å². The molecule has 4 rings (SSSR count). The second kappa shape index (κ2) is 10.3. The summed E-state index contributed by atoms with van der Waals surface area (Å²) < 4.78 is 34.5. The third kappa shape index (κ3) is 5.47. The maximum Gasteiger partial charge on any atom is 0.296 e. The molecule has 2 atom stereocenters. The first-order chi connectivity index (χ1) is 16.7. The summed E-state index contributed by atoms with van der Waals surface area (Å²) in [6, 6.07) is 9.48. The molecule has 184 valence electrons. The minimum absolute atomic E-state index is 0.00646. The quantitative estimate of drug-likeness (QED) is 0.337. The molecule has 0 saturated heterocycles. The number of fused-ring (bicyclic) bond motifs is 1. The van der Waals surface area contributed by atoms with Crippen LogP contribution in [0.3, 0.4) is 0 Å². The van der Waals surface area contributed by atoms with Gasteiger partial charge in [0.25, 0.3) is 21.9 Å². The Hall–Kier alpha value is -3.02. The number of pyridine rings is 1. The number of amides is 2. The van der Waals surface area contributed by atoms with Crippen LogP contribution in [0.25, 0.3) is 10.8 Å². The number of hydrogen-bond acceptors (Lipinski definition) is 6. The van der Waals surface area contributed by atoms with Crippen molar-refractivity contribution in [2.24, 2.45) is 0 Å². The van der Waals surface area contributed by atoms with Crippen LogP contribution in [-0.2, 0) is 10.1 Å². The number of rotatable bonds is 6. The number of anilines is 1. The maximum absolute atomic E-state index is 13.2. The SMILES string of the molecule is CNC(=O)c1cc(Br)cc(S(=O)(=O)O)c1NC1CCCCC1NC(=O)c1cncc2ccccc12. The highest BCUT2D eigenvalue weighted by Crippen LogP contribution is 2.33. The van der Waals surface area contributed by atoms with E-state index < -0.39 is 20.9 Å². The molecule has 1 aromatic heterocycles. The summed E-state index contributed by atoms with van der Waals surface area (Å²) in [5.41, 5.74) is 0.497. The predicted molar refractivity (Wildman–Crippen MR) is 136 cm³/mol. The van der Waals surface area contributed by atoms with Crippen molar-refractivity contribution in [1.29, 1.82) is 0 Å². The summed E-state index contributed by atoms with van der Waals surface area (Å²) in [7, 11) is -3.21. The van der Waals surface area contributed by atoms with Gasteiger partial charge < -0.3 is 16.0 Å². The van der Waals surface area contributed by atoms with E-state index in [9.17, 15) is 22.6 Å². The number of aromatic nitrogens is 1. The third-order valence-corrected chi connectivity index (χ3v) is 7.48. The highest BCUT2D eigenvalue weighted by Gasteiger charge is 2.31. The summed E-state index contributed by atoms with van der Waals surface area (Å²) in [4.78, 5) is 29.5. The fraction of sp³-hybridized carbons (Fsp3) is 0.292. The molecule has 1 saturated carbocycles. The zero-order valence-electron chi connectivity index (χ0n) is 18.9. The van der Waals surface area contributed by atoms with Crippen LogP contribution in [0, 0.1) is 0 Å². The number of hydrogen-bond donors (Lipinski definition) is 4. The molecule has 11 heteroatoms. The zero-order chi connectivity index (χ0) is 25.2. The standard InChI is InChI=1S/C24H25BrN4O5S/c1-26-23(30)17-10-15(25)11-21(35(32,33)34)22(17)28-19-8-4-5-9-20(19)29-24(31)18-13-27-12-14-6-2-3-7-16(14)18/h2-3,6-7,10-13,19-20,28H,4-5,8-9H2,1H3,(H,26,30)(H,29,31)(H,32,33,34). The van der Waals surface area contributed by atoms with E-state index in [1.54, 1.807) is 6.20 Å². The first-order valence-corrected chi connectivity index (χ1v) is 13.4. The van der Waals surface area contributed by atoms with Crippen LogP contribution in [-0.4, -0.2) is 48.9 Å². The minimum atomic E-state index is -4.65. The lowest BCUT2D eigenvalue weighted by Gasteiger charge is -2.34. The summed E-state index contributed by atoms with van der Waals surface area (Å²) in [6.45, 7) is 0. The molecule has 3 aromatic rings. The number of nitrogens with zero attached hydrogens (tertiary/aromatic N) is 1. The van der Waals surface area contributed by atoms with Crippen molar-refractivity contribution >= 4 is 54.3 Å². The maximum atomic E-state index is 13.2. The van der Waals surface area contributed by atoms with Crippen molar-refractivity contribution in [3.8, 4) is 0 Å². The zero-order valence-corrected chi connectivity index (χ0v) is 21.3. The Morgan fingerprint density at radius 1 is 1.03 bits per heavy atom. The van der Waals surface area contributed by atoms with Crippen LogP contribution in [0.2, 0.25) is 0 Å². The van der Waals surface area contributed by atoms with Gasteiger partial charge in [-0.3, -0.25) is 19.1 Å². The van der Waals surface area contributed by atoms with Crippen molar-refractivity contribution in [3.63, 3.8) is 0 Å². The van der Waals surface area contributed by atoms with Gasteiger partial charge in [-0.1, -0.05) is 53.0 Å². The van der Waals surface area contributed by atoms with E-state index in [4.69, 9.17) is 0 Å². The fourth-order valence-corrected chi connectivity index (χ4v) is 5.77. The molecule has 2 aromatic carbocycles. The Morgan fingerprint density at radius 2 is 1.74 bits per heavy atom. The number of carbonyl (C=O) groups excluding carboxylic acids is 2. The monoisotopic (exact) mass is 560 g/mol. The lowest BCUT2D eigenvalue weighted by atomic mass is 9.89. The molecular weight excluding hydrogens is 536 g/mol. The Balaban J connectivity index is 1.67. The van der Waals surface area contributed by atoms with E-state index in [-0.39, 0.29) is 29.2 Å². The molecule has 0 aliphatic heterocycles. The van der Waals surface area contributed by atoms with Crippen LogP contribution < -0.4 is 16.0 Å². The number of benzene rings is 2. The molecule has 4 N–H and O–H groups in total. The van der Waals surface area contributed by atoms with Gasteiger partial charge in [0.2, 0.25) is 0 Å². The molecule has 0 bridgehead atoms. The van der Waals surface area contributed by atoms with E-state index in [0.717, 1.165) is 23.6 Å². The highest BCUT2D eigenvalue weighted by molar-refractivity contribution is 9.10. The van der Waals surface area contributed by atoms with Crippen molar-refractivity contribution in [2.75, 3.05) is 12.4 Å². The summed E-state index contributed by atoms with van der Waals surface area (Å²) in [6.07, 6.45) is 6.25. The molecule has 1 aliphatic carbocycles. The van der Waals surface area contributed by atoms with Crippen LogP contribution in [0.4, 0.5) is 5.69 Å². The Kier molecular flexibility index (Phi) is 7.39. The van der Waals surface area contributed by atoms with Gasteiger partial charge in [-0.05, 0) is 30.4 Å². The van der Waals surface area contributed by atoms with Crippen LogP contribution in [0.1, 0.15) is 46.4 Å². The van der Waals surface area contributed by atoms with Crippen LogP contribution in [0.15, 0.2) is 58.2 Å². The molecule has 9 nitrogen and oxygen atoms in total. The highest BCUT2D eigenvalue weighted by atomic mass is 79.9. The lowest BCUT2D eigenvalue weighted by molar-refractivity contribution is 0.0922. The minimum Gasteiger partial charge on any atom is -0.378 e. The number of halogens is 1. The second-order valence-corrected chi connectivity index (χ2v) is 10.7. The topological polar surface area (TPSA) is 137 Å². The first-order valence-electron chi connectivity index (χ1n) is 11.1. The predicted octanol–water partition coefficient (Wildman–Crippen LogP) is 3.76. The molecule has 2 amide bonds. The summed E-state index contributed by atoms with van der Waals surface area (Å²) >= 11 is 3.21. The van der Waals surface area contributed by atoms with E-state index in [2.05, 4.69) is 36.9 Å². The largest absolute Gasteiger partial charge is 0.378 e. The third-order valence-electron chi connectivity index (χ3n) is 6.14. The molecule has 2 unspecified atom stereocenters.